The number of rotatable bonds is 5. The van der Waals surface area contributed by atoms with E-state index >= 15 is 0 Å². The van der Waals surface area contributed by atoms with Gasteiger partial charge in [-0.1, -0.05) is 0 Å². The van der Waals surface area contributed by atoms with Crippen molar-refractivity contribution in [2.24, 2.45) is 0 Å². The highest BCUT2D eigenvalue weighted by Crippen LogP contribution is 2.22. The summed E-state index contributed by atoms with van der Waals surface area (Å²) >= 11 is 0. The van der Waals surface area contributed by atoms with Crippen molar-refractivity contribution < 1.29 is 22.7 Å². The molecular formula is C19H27F3N4O2. The smallest absolute Gasteiger partial charge is 0.422 e. The molecule has 1 N–H and O–H groups in total. The molecule has 0 aromatic carbocycles. The van der Waals surface area contributed by atoms with E-state index in [1.807, 2.05) is 0 Å². The lowest BCUT2D eigenvalue weighted by Gasteiger charge is -2.41. The Kier molecular flexibility index (Phi) is 6.77. The highest BCUT2D eigenvalue weighted by atomic mass is 19.4. The summed E-state index contributed by atoms with van der Waals surface area (Å²) in [4.78, 5) is 21.2. The quantitative estimate of drug-likeness (QED) is 0.822. The molecule has 156 valence electrons. The summed E-state index contributed by atoms with van der Waals surface area (Å²) in [5, 5.41) is 2.93. The van der Waals surface area contributed by atoms with Gasteiger partial charge in [-0.3, -0.25) is 4.79 Å². The first-order chi connectivity index (χ1) is 13.3. The lowest BCUT2D eigenvalue weighted by Crippen LogP contribution is -2.50. The summed E-state index contributed by atoms with van der Waals surface area (Å²) in [6, 6.07) is 3.55. The Morgan fingerprint density at radius 2 is 1.89 bits per heavy atom. The van der Waals surface area contributed by atoms with Crippen molar-refractivity contribution in [1.29, 1.82) is 0 Å². The van der Waals surface area contributed by atoms with E-state index in [1.54, 1.807) is 0 Å². The van der Waals surface area contributed by atoms with E-state index in [1.165, 1.54) is 31.2 Å². The monoisotopic (exact) mass is 400 g/mol. The van der Waals surface area contributed by atoms with Crippen LogP contribution >= 0.6 is 0 Å². The Balaban J connectivity index is 1.51. The van der Waals surface area contributed by atoms with Gasteiger partial charge in [0.25, 0.3) is 5.91 Å². The molecule has 0 radical (unpaired) electrons. The molecule has 0 unspecified atom stereocenters. The van der Waals surface area contributed by atoms with E-state index in [2.05, 4.69) is 27.1 Å². The summed E-state index contributed by atoms with van der Waals surface area (Å²) in [5.74, 6) is -0.732. The second kappa shape index (κ2) is 9.09. The van der Waals surface area contributed by atoms with Crippen LogP contribution in [0.15, 0.2) is 18.3 Å². The Bertz CT molecular complexity index is 655. The molecule has 28 heavy (non-hydrogen) atoms. The van der Waals surface area contributed by atoms with E-state index in [-0.39, 0.29) is 17.5 Å². The molecule has 3 heterocycles. The summed E-state index contributed by atoms with van der Waals surface area (Å²) in [6.45, 7) is 2.60. The van der Waals surface area contributed by atoms with Gasteiger partial charge in [-0.25, -0.2) is 4.98 Å². The number of amides is 1. The molecule has 9 heteroatoms. The minimum absolute atomic E-state index is 0.00527. The molecule has 0 atom stereocenters. The molecule has 1 aromatic rings. The standard InChI is InChI=1S/C19H27F3N4O2/c1-25-9-6-15(7-10-25)26-11-4-14(5-12-26)24-17(27)16-3-2-8-23-18(16)28-13-19(20,21)22/h2-3,8,14-15H,4-7,9-13H2,1H3,(H,24,27). The molecule has 1 amide bonds. The Morgan fingerprint density at radius 3 is 2.54 bits per heavy atom. The van der Waals surface area contributed by atoms with Crippen LogP contribution in [0, 0.1) is 0 Å². The molecule has 6 nitrogen and oxygen atoms in total. The van der Waals surface area contributed by atoms with E-state index in [0.29, 0.717) is 6.04 Å². The number of halogens is 3. The van der Waals surface area contributed by atoms with Crippen molar-refractivity contribution in [3.63, 3.8) is 0 Å². The predicted molar refractivity (Wildman–Crippen MR) is 98.4 cm³/mol. The van der Waals surface area contributed by atoms with Gasteiger partial charge in [0, 0.05) is 31.4 Å². The molecule has 0 aliphatic carbocycles. The van der Waals surface area contributed by atoms with Crippen LogP contribution in [0.5, 0.6) is 5.88 Å². The first-order valence-corrected chi connectivity index (χ1v) is 9.70. The molecular weight excluding hydrogens is 373 g/mol. The lowest BCUT2D eigenvalue weighted by molar-refractivity contribution is -0.154. The van der Waals surface area contributed by atoms with Crippen molar-refractivity contribution in [3.05, 3.63) is 23.9 Å². The third kappa shape index (κ3) is 5.81. The van der Waals surface area contributed by atoms with E-state index < -0.39 is 18.7 Å². The zero-order chi connectivity index (χ0) is 20.1. The summed E-state index contributed by atoms with van der Waals surface area (Å²) < 4.78 is 41.9. The molecule has 1 aromatic heterocycles. The number of nitrogens with zero attached hydrogens (tertiary/aromatic N) is 3. The van der Waals surface area contributed by atoms with Crippen LogP contribution in [-0.4, -0.2) is 78.8 Å². The Morgan fingerprint density at radius 1 is 1.21 bits per heavy atom. The topological polar surface area (TPSA) is 57.7 Å². The van der Waals surface area contributed by atoms with Gasteiger partial charge in [-0.15, -0.1) is 0 Å². The minimum Gasteiger partial charge on any atom is -0.467 e. The van der Waals surface area contributed by atoms with Crippen LogP contribution in [0.25, 0.3) is 0 Å². The number of nitrogens with one attached hydrogen (secondary N) is 1. The molecule has 3 rings (SSSR count). The molecule has 2 aliphatic heterocycles. The summed E-state index contributed by atoms with van der Waals surface area (Å²) in [7, 11) is 2.14. The second-order valence-corrected chi connectivity index (χ2v) is 7.58. The van der Waals surface area contributed by atoms with Crippen LogP contribution in [0.4, 0.5) is 13.2 Å². The molecule has 2 fully saturated rings. The number of aromatic nitrogens is 1. The number of alkyl halides is 3. The van der Waals surface area contributed by atoms with Crippen LogP contribution in [0.3, 0.4) is 0 Å². The van der Waals surface area contributed by atoms with Crippen LogP contribution < -0.4 is 10.1 Å². The maximum Gasteiger partial charge on any atom is 0.422 e. The number of hydrogen-bond donors (Lipinski definition) is 1. The Labute approximate surface area is 163 Å². The molecule has 0 saturated carbocycles. The third-order valence-corrected chi connectivity index (χ3v) is 5.46. The average molecular weight is 400 g/mol. The zero-order valence-corrected chi connectivity index (χ0v) is 16.0. The number of piperidine rings is 2. The van der Waals surface area contributed by atoms with Crippen LogP contribution in [-0.2, 0) is 0 Å². The van der Waals surface area contributed by atoms with Gasteiger partial charge in [0.05, 0.1) is 0 Å². The molecule has 2 aliphatic rings. The van der Waals surface area contributed by atoms with Gasteiger partial charge < -0.3 is 19.9 Å². The molecule has 2 saturated heterocycles. The first-order valence-electron chi connectivity index (χ1n) is 9.70. The van der Waals surface area contributed by atoms with E-state index in [9.17, 15) is 18.0 Å². The highest BCUT2D eigenvalue weighted by Gasteiger charge is 2.31. The van der Waals surface area contributed by atoms with Crippen molar-refractivity contribution in [2.45, 2.75) is 43.9 Å². The van der Waals surface area contributed by atoms with Gasteiger partial charge in [-0.05, 0) is 58.0 Å². The normalized spacial score (nSPS) is 20.9. The summed E-state index contributed by atoms with van der Waals surface area (Å²) in [6.07, 6.45) is 0.828. The maximum absolute atomic E-state index is 12.5. The van der Waals surface area contributed by atoms with Crippen LogP contribution in [0.1, 0.15) is 36.0 Å². The zero-order valence-electron chi connectivity index (χ0n) is 16.0. The van der Waals surface area contributed by atoms with Gasteiger partial charge in [0.2, 0.25) is 5.88 Å². The predicted octanol–water partition coefficient (Wildman–Crippen LogP) is 2.31. The highest BCUT2D eigenvalue weighted by molar-refractivity contribution is 5.96. The van der Waals surface area contributed by atoms with E-state index in [4.69, 9.17) is 4.74 Å². The van der Waals surface area contributed by atoms with Gasteiger partial charge >= 0.3 is 6.18 Å². The summed E-state index contributed by atoms with van der Waals surface area (Å²) in [5.41, 5.74) is 0.0319. The fourth-order valence-corrected chi connectivity index (χ4v) is 3.86. The number of carbonyl (C=O) groups excluding carboxylic acids is 1. The number of likely N-dealkylation sites (tertiary alicyclic amines) is 2. The van der Waals surface area contributed by atoms with E-state index in [0.717, 1.165) is 39.0 Å². The average Bonchev–Trinajstić information content (AvgIpc) is 2.67. The largest absolute Gasteiger partial charge is 0.467 e. The first kappa shape index (κ1) is 20.9. The minimum atomic E-state index is -4.48. The van der Waals surface area contributed by atoms with Gasteiger partial charge in [0.1, 0.15) is 5.56 Å². The van der Waals surface area contributed by atoms with Crippen molar-refractivity contribution in [2.75, 3.05) is 39.8 Å². The SMILES string of the molecule is CN1CCC(N2CCC(NC(=O)c3cccnc3OCC(F)(F)F)CC2)CC1. The molecule has 0 bridgehead atoms. The number of pyridine rings is 1. The number of carbonyl (C=O) groups is 1. The van der Waals surface area contributed by atoms with Crippen molar-refractivity contribution in [3.8, 4) is 5.88 Å². The second-order valence-electron chi connectivity index (χ2n) is 7.58. The van der Waals surface area contributed by atoms with Gasteiger partial charge in [-0.2, -0.15) is 13.2 Å². The maximum atomic E-state index is 12.5. The fraction of sp³-hybridized carbons (Fsp3) is 0.684. The number of ether oxygens (including phenoxy) is 1. The van der Waals surface area contributed by atoms with Crippen molar-refractivity contribution >= 4 is 5.91 Å². The number of hydrogen-bond acceptors (Lipinski definition) is 5. The fourth-order valence-electron chi connectivity index (χ4n) is 3.86. The third-order valence-electron chi connectivity index (χ3n) is 5.46. The molecule has 0 spiro atoms. The Hall–Kier alpha value is -1.87. The van der Waals surface area contributed by atoms with Crippen molar-refractivity contribution in [1.82, 2.24) is 20.1 Å². The van der Waals surface area contributed by atoms with Crippen LogP contribution in [0.2, 0.25) is 0 Å². The lowest BCUT2D eigenvalue weighted by atomic mass is 9.98. The van der Waals surface area contributed by atoms with Gasteiger partial charge in [0.15, 0.2) is 6.61 Å².